The number of hydrogen-bond acceptors (Lipinski definition) is 1. The molecule has 0 aliphatic rings. The maximum atomic E-state index is 6.08. The molecule has 0 fully saturated rings. The van der Waals surface area contributed by atoms with Crippen LogP contribution in [0.1, 0.15) is 41.6 Å². The van der Waals surface area contributed by atoms with E-state index in [1.54, 1.807) is 0 Å². The summed E-state index contributed by atoms with van der Waals surface area (Å²) in [6, 6.07) is 14.9. The summed E-state index contributed by atoms with van der Waals surface area (Å²) in [5.41, 5.74) is 5.34. The van der Waals surface area contributed by atoms with Crippen molar-refractivity contribution < 1.29 is 0 Å². The normalized spacial score (nSPS) is 12.4. The van der Waals surface area contributed by atoms with E-state index in [2.05, 4.69) is 50.4 Å². The SMILES string of the molecule is CCC(NCc1cccc(C)c1C)c1cccc(Cl)c1. The van der Waals surface area contributed by atoms with Gasteiger partial charge < -0.3 is 5.32 Å². The average Bonchev–Trinajstić information content (AvgIpc) is 2.44. The molecule has 1 unspecified atom stereocenters. The summed E-state index contributed by atoms with van der Waals surface area (Å²) in [5.74, 6) is 0. The molecular formula is C18H22ClN. The molecule has 1 atom stereocenters. The van der Waals surface area contributed by atoms with Gasteiger partial charge in [-0.1, -0.05) is 48.9 Å². The third kappa shape index (κ3) is 3.62. The molecule has 106 valence electrons. The van der Waals surface area contributed by atoms with E-state index in [0.717, 1.165) is 18.0 Å². The van der Waals surface area contributed by atoms with Gasteiger partial charge in [0.15, 0.2) is 0 Å². The first kappa shape index (κ1) is 15.1. The lowest BCUT2D eigenvalue weighted by Crippen LogP contribution is -2.20. The predicted octanol–water partition coefficient (Wildman–Crippen LogP) is 5.20. The van der Waals surface area contributed by atoms with Gasteiger partial charge in [0.2, 0.25) is 0 Å². The van der Waals surface area contributed by atoms with Gasteiger partial charge >= 0.3 is 0 Å². The van der Waals surface area contributed by atoms with E-state index < -0.39 is 0 Å². The number of benzene rings is 2. The van der Waals surface area contributed by atoms with Gasteiger partial charge in [-0.3, -0.25) is 0 Å². The smallest absolute Gasteiger partial charge is 0.0409 e. The van der Waals surface area contributed by atoms with E-state index in [1.165, 1.54) is 22.3 Å². The highest BCUT2D eigenvalue weighted by Gasteiger charge is 2.10. The van der Waals surface area contributed by atoms with Crippen molar-refractivity contribution in [2.45, 2.75) is 39.8 Å². The van der Waals surface area contributed by atoms with E-state index >= 15 is 0 Å². The zero-order chi connectivity index (χ0) is 14.5. The largest absolute Gasteiger partial charge is 0.306 e. The first-order valence-electron chi connectivity index (χ1n) is 7.15. The van der Waals surface area contributed by atoms with Crippen molar-refractivity contribution in [2.24, 2.45) is 0 Å². The third-order valence-electron chi connectivity index (χ3n) is 3.92. The first-order valence-corrected chi connectivity index (χ1v) is 7.53. The van der Waals surface area contributed by atoms with E-state index in [0.29, 0.717) is 6.04 Å². The van der Waals surface area contributed by atoms with Crippen molar-refractivity contribution in [1.29, 1.82) is 0 Å². The van der Waals surface area contributed by atoms with Crippen LogP contribution in [0.3, 0.4) is 0 Å². The fourth-order valence-electron chi connectivity index (χ4n) is 2.46. The zero-order valence-corrected chi connectivity index (χ0v) is 13.2. The molecule has 0 aliphatic carbocycles. The molecule has 0 aromatic heterocycles. The summed E-state index contributed by atoms with van der Waals surface area (Å²) < 4.78 is 0. The Hall–Kier alpha value is -1.31. The predicted molar refractivity (Wildman–Crippen MR) is 87.2 cm³/mol. The lowest BCUT2D eigenvalue weighted by Gasteiger charge is -2.19. The maximum Gasteiger partial charge on any atom is 0.0409 e. The van der Waals surface area contributed by atoms with Crippen LogP contribution in [-0.2, 0) is 6.54 Å². The van der Waals surface area contributed by atoms with E-state index in [-0.39, 0.29) is 0 Å². The highest BCUT2D eigenvalue weighted by molar-refractivity contribution is 6.30. The van der Waals surface area contributed by atoms with Crippen LogP contribution in [0, 0.1) is 13.8 Å². The minimum atomic E-state index is 0.341. The molecule has 0 saturated carbocycles. The third-order valence-corrected chi connectivity index (χ3v) is 4.15. The topological polar surface area (TPSA) is 12.0 Å². The second-order valence-corrected chi connectivity index (χ2v) is 5.69. The summed E-state index contributed by atoms with van der Waals surface area (Å²) >= 11 is 6.08. The average molecular weight is 288 g/mol. The van der Waals surface area contributed by atoms with Crippen molar-refractivity contribution in [3.63, 3.8) is 0 Å². The van der Waals surface area contributed by atoms with Crippen LogP contribution in [0.25, 0.3) is 0 Å². The summed E-state index contributed by atoms with van der Waals surface area (Å²) in [6.07, 6.45) is 1.05. The Kier molecular flexibility index (Phi) is 5.22. The highest BCUT2D eigenvalue weighted by Crippen LogP contribution is 2.21. The standard InChI is InChI=1S/C18H22ClN/c1-4-18(15-8-6-10-17(19)11-15)20-12-16-9-5-7-13(2)14(16)3/h5-11,18,20H,4,12H2,1-3H3. The molecule has 0 saturated heterocycles. The van der Waals surface area contributed by atoms with E-state index in [9.17, 15) is 0 Å². The molecule has 0 amide bonds. The van der Waals surface area contributed by atoms with Crippen molar-refractivity contribution in [2.75, 3.05) is 0 Å². The quantitative estimate of drug-likeness (QED) is 0.797. The number of halogens is 1. The highest BCUT2D eigenvalue weighted by atomic mass is 35.5. The lowest BCUT2D eigenvalue weighted by molar-refractivity contribution is 0.518. The Morgan fingerprint density at radius 1 is 1.10 bits per heavy atom. The Bertz CT molecular complexity index is 577. The van der Waals surface area contributed by atoms with Gasteiger partial charge in [-0.25, -0.2) is 0 Å². The van der Waals surface area contributed by atoms with Crippen molar-refractivity contribution in [3.05, 3.63) is 69.7 Å². The van der Waals surface area contributed by atoms with Crippen LogP contribution < -0.4 is 5.32 Å². The number of rotatable bonds is 5. The van der Waals surface area contributed by atoms with Crippen LogP contribution in [-0.4, -0.2) is 0 Å². The fourth-order valence-corrected chi connectivity index (χ4v) is 2.66. The Balaban J connectivity index is 2.10. The van der Waals surface area contributed by atoms with E-state index in [1.807, 2.05) is 18.2 Å². The Labute approximate surface area is 127 Å². The molecule has 2 aromatic rings. The molecular weight excluding hydrogens is 266 g/mol. The Morgan fingerprint density at radius 2 is 1.85 bits per heavy atom. The van der Waals surface area contributed by atoms with Crippen LogP contribution in [0.2, 0.25) is 5.02 Å². The minimum Gasteiger partial charge on any atom is -0.306 e. The van der Waals surface area contributed by atoms with Crippen molar-refractivity contribution in [3.8, 4) is 0 Å². The lowest BCUT2D eigenvalue weighted by atomic mass is 10.0. The maximum absolute atomic E-state index is 6.08. The number of hydrogen-bond donors (Lipinski definition) is 1. The summed E-state index contributed by atoms with van der Waals surface area (Å²) in [4.78, 5) is 0. The molecule has 0 heterocycles. The van der Waals surface area contributed by atoms with Crippen LogP contribution in [0.4, 0.5) is 0 Å². The summed E-state index contributed by atoms with van der Waals surface area (Å²) in [5, 5.41) is 4.44. The monoisotopic (exact) mass is 287 g/mol. The van der Waals surface area contributed by atoms with Gasteiger partial charge in [0.25, 0.3) is 0 Å². The molecule has 2 heteroatoms. The number of nitrogens with one attached hydrogen (secondary N) is 1. The minimum absolute atomic E-state index is 0.341. The van der Waals surface area contributed by atoms with Gasteiger partial charge in [-0.15, -0.1) is 0 Å². The summed E-state index contributed by atoms with van der Waals surface area (Å²) in [6.45, 7) is 7.43. The molecule has 0 spiro atoms. The molecule has 0 aliphatic heterocycles. The van der Waals surface area contributed by atoms with Gasteiger partial charge in [0.05, 0.1) is 0 Å². The molecule has 1 N–H and O–H groups in total. The molecule has 0 radical (unpaired) electrons. The van der Waals surface area contributed by atoms with Gasteiger partial charge in [0, 0.05) is 17.6 Å². The van der Waals surface area contributed by atoms with Gasteiger partial charge in [0.1, 0.15) is 0 Å². The summed E-state index contributed by atoms with van der Waals surface area (Å²) in [7, 11) is 0. The first-order chi connectivity index (χ1) is 9.61. The molecule has 1 nitrogen and oxygen atoms in total. The molecule has 2 aromatic carbocycles. The van der Waals surface area contributed by atoms with Crippen molar-refractivity contribution >= 4 is 11.6 Å². The van der Waals surface area contributed by atoms with Gasteiger partial charge in [-0.2, -0.15) is 0 Å². The van der Waals surface area contributed by atoms with Crippen LogP contribution in [0.5, 0.6) is 0 Å². The molecule has 0 bridgehead atoms. The zero-order valence-electron chi connectivity index (χ0n) is 12.4. The molecule has 2 rings (SSSR count). The second kappa shape index (κ2) is 6.92. The van der Waals surface area contributed by atoms with Crippen LogP contribution in [0.15, 0.2) is 42.5 Å². The van der Waals surface area contributed by atoms with E-state index in [4.69, 9.17) is 11.6 Å². The fraction of sp³-hybridized carbons (Fsp3) is 0.333. The Morgan fingerprint density at radius 3 is 2.55 bits per heavy atom. The van der Waals surface area contributed by atoms with Gasteiger partial charge in [-0.05, 0) is 54.7 Å². The van der Waals surface area contributed by atoms with Crippen LogP contribution >= 0.6 is 11.6 Å². The van der Waals surface area contributed by atoms with Crippen molar-refractivity contribution in [1.82, 2.24) is 5.32 Å². The second-order valence-electron chi connectivity index (χ2n) is 5.26. The molecule has 20 heavy (non-hydrogen) atoms. The number of aryl methyl sites for hydroxylation is 1.